The van der Waals surface area contributed by atoms with E-state index < -0.39 is 24.1 Å². The molecule has 4 atom stereocenters. The van der Waals surface area contributed by atoms with Gasteiger partial charge in [-0.3, -0.25) is 4.79 Å². The number of nitrogens with zero attached hydrogens (tertiary/aromatic N) is 5. The number of aliphatic carboxylic acids is 1. The Bertz CT molecular complexity index is 1470. The highest BCUT2D eigenvalue weighted by atomic mass is 16.4. The van der Waals surface area contributed by atoms with Crippen molar-refractivity contribution in [2.75, 3.05) is 36.1 Å². The van der Waals surface area contributed by atoms with Crippen molar-refractivity contribution in [3.05, 3.63) is 41.7 Å². The Morgan fingerprint density at radius 3 is 2.59 bits per heavy atom. The maximum Gasteiger partial charge on any atom is 0.326 e. The Morgan fingerprint density at radius 2 is 1.91 bits per heavy atom. The number of carbonyl (C=O) groups excluding carboxylic acids is 2. The molecule has 11 N–H and O–H groups in total. The second-order valence-electron chi connectivity index (χ2n) is 10.8. The number of nitrogens with two attached hydrogens (primary N) is 3. The summed E-state index contributed by atoms with van der Waals surface area (Å²) >= 11 is 0. The van der Waals surface area contributed by atoms with Gasteiger partial charge < -0.3 is 53.3 Å². The number of Topliss-reactive ketones (excluding diaryl/α,β-unsaturated/α-hetero) is 1. The van der Waals surface area contributed by atoms with Crippen LogP contribution in [0.25, 0.3) is 11.2 Å². The molecule has 3 aromatic rings. The number of hydrogen-bond acceptors (Lipinski definition) is 14. The fraction of sp³-hybridized carbons (Fsp3) is 0.464. The van der Waals surface area contributed by atoms with E-state index in [-0.39, 0.29) is 60.2 Å². The molecular weight excluding hydrogens is 568 g/mol. The minimum absolute atomic E-state index is 0.00237. The SMILES string of the molecule is CC(=O)CCCC(NC(=O)c1ccc(N(Cc2cnc3nc(N)nc(N)c3n2)C(N)CNC2CNCNC2C)cc1)C(=O)O. The Hall–Kier alpha value is -4.51. The van der Waals surface area contributed by atoms with Gasteiger partial charge in [0.25, 0.3) is 5.91 Å². The van der Waals surface area contributed by atoms with Crippen molar-refractivity contribution < 1.29 is 19.5 Å². The molecule has 16 nitrogen and oxygen atoms in total. The highest BCUT2D eigenvalue weighted by Gasteiger charge is 2.24. The third-order valence-electron chi connectivity index (χ3n) is 7.43. The zero-order valence-electron chi connectivity index (χ0n) is 24.8. The van der Waals surface area contributed by atoms with Crippen molar-refractivity contribution in [3.8, 4) is 0 Å². The van der Waals surface area contributed by atoms with Gasteiger partial charge in [-0.2, -0.15) is 9.97 Å². The molecular formula is C28H40N12O4. The number of anilines is 3. The molecule has 2 aromatic heterocycles. The van der Waals surface area contributed by atoms with Gasteiger partial charge >= 0.3 is 5.97 Å². The fourth-order valence-electron chi connectivity index (χ4n) is 4.90. The predicted molar refractivity (Wildman–Crippen MR) is 165 cm³/mol. The molecule has 236 valence electrons. The lowest BCUT2D eigenvalue weighted by Crippen LogP contribution is -2.61. The van der Waals surface area contributed by atoms with Gasteiger partial charge in [-0.15, -0.1) is 0 Å². The highest BCUT2D eigenvalue weighted by Crippen LogP contribution is 2.21. The minimum Gasteiger partial charge on any atom is -0.480 e. The maximum atomic E-state index is 12.9. The smallest absolute Gasteiger partial charge is 0.326 e. The van der Waals surface area contributed by atoms with Crippen LogP contribution in [0.15, 0.2) is 30.5 Å². The van der Waals surface area contributed by atoms with Crippen LogP contribution in [0.4, 0.5) is 17.5 Å². The first-order valence-corrected chi connectivity index (χ1v) is 14.4. The number of carboxylic acids is 1. The third kappa shape index (κ3) is 8.53. The summed E-state index contributed by atoms with van der Waals surface area (Å²) in [6, 6.07) is 5.96. The molecule has 1 aliphatic heterocycles. The van der Waals surface area contributed by atoms with Gasteiger partial charge in [-0.25, -0.2) is 14.8 Å². The highest BCUT2D eigenvalue weighted by molar-refractivity contribution is 5.96. The lowest BCUT2D eigenvalue weighted by Gasteiger charge is -2.35. The van der Waals surface area contributed by atoms with Crippen LogP contribution in [0.2, 0.25) is 0 Å². The van der Waals surface area contributed by atoms with Gasteiger partial charge in [-0.05, 0) is 51.0 Å². The molecule has 1 amide bonds. The largest absolute Gasteiger partial charge is 0.480 e. The molecule has 44 heavy (non-hydrogen) atoms. The van der Waals surface area contributed by atoms with Crippen molar-refractivity contribution in [3.63, 3.8) is 0 Å². The molecule has 1 aliphatic rings. The Morgan fingerprint density at radius 1 is 1.16 bits per heavy atom. The fourth-order valence-corrected chi connectivity index (χ4v) is 4.90. The topological polar surface area (TPSA) is 252 Å². The molecule has 0 aliphatic carbocycles. The first kappa shape index (κ1) is 32.4. The summed E-state index contributed by atoms with van der Waals surface area (Å²) in [4.78, 5) is 54.7. The molecule has 16 heteroatoms. The van der Waals surface area contributed by atoms with E-state index >= 15 is 0 Å². The number of fused-ring (bicyclic) bond motifs is 1. The van der Waals surface area contributed by atoms with Gasteiger partial charge in [0, 0.05) is 49.5 Å². The Balaban J connectivity index is 1.53. The van der Waals surface area contributed by atoms with Crippen LogP contribution in [-0.2, 0) is 16.1 Å². The van der Waals surface area contributed by atoms with E-state index in [2.05, 4.69) is 48.1 Å². The molecule has 0 saturated carbocycles. The standard InChI is InChI=1S/C28H40N12O4/c1-15(41)4-3-5-20(27(43)44)37-26(42)17-6-8-19(9-7-17)40(22(29)12-33-21-11-32-14-35-16(21)2)13-18-10-34-25-23(36-18)24(30)38-28(31)39-25/h6-10,16,20-22,32-33,35H,3-5,11-14,29H2,1-2H3,(H,37,42)(H,43,44)(H4,30,31,34,38,39). The average Bonchev–Trinajstić information content (AvgIpc) is 2.98. The van der Waals surface area contributed by atoms with Crippen molar-refractivity contribution in [2.24, 2.45) is 5.73 Å². The van der Waals surface area contributed by atoms with Gasteiger partial charge in [0.2, 0.25) is 5.95 Å². The quantitative estimate of drug-likeness (QED) is 0.105. The molecule has 1 saturated heterocycles. The van der Waals surface area contributed by atoms with Crippen molar-refractivity contribution in [1.29, 1.82) is 0 Å². The summed E-state index contributed by atoms with van der Waals surface area (Å²) in [5.74, 6) is -1.62. The van der Waals surface area contributed by atoms with Crippen LogP contribution in [0.3, 0.4) is 0 Å². The van der Waals surface area contributed by atoms with Crippen molar-refractivity contribution in [1.82, 2.24) is 41.2 Å². The van der Waals surface area contributed by atoms with Crippen molar-refractivity contribution >= 4 is 46.3 Å². The van der Waals surface area contributed by atoms with Crippen LogP contribution in [0.1, 0.15) is 49.2 Å². The second kappa shape index (κ2) is 14.8. The number of aromatic nitrogens is 4. The molecule has 0 spiro atoms. The van der Waals surface area contributed by atoms with E-state index in [1.807, 2.05) is 4.90 Å². The zero-order chi connectivity index (χ0) is 31.8. The summed E-state index contributed by atoms with van der Waals surface area (Å²) in [7, 11) is 0. The molecule has 3 heterocycles. The number of rotatable bonds is 14. The van der Waals surface area contributed by atoms with Gasteiger partial charge in [0.05, 0.1) is 24.6 Å². The van der Waals surface area contributed by atoms with Crippen LogP contribution in [-0.4, -0.2) is 86.8 Å². The monoisotopic (exact) mass is 608 g/mol. The average molecular weight is 609 g/mol. The minimum atomic E-state index is -1.16. The van der Waals surface area contributed by atoms with Crippen LogP contribution in [0.5, 0.6) is 0 Å². The maximum absolute atomic E-state index is 12.9. The lowest BCUT2D eigenvalue weighted by molar-refractivity contribution is -0.139. The van der Waals surface area contributed by atoms with E-state index in [1.54, 1.807) is 30.5 Å². The number of nitrogens with one attached hydrogen (secondary N) is 4. The first-order valence-electron chi connectivity index (χ1n) is 14.4. The zero-order valence-corrected chi connectivity index (χ0v) is 24.8. The molecule has 0 radical (unpaired) electrons. The van der Waals surface area contributed by atoms with Gasteiger partial charge in [-0.1, -0.05) is 0 Å². The molecule has 0 bridgehead atoms. The molecule has 1 aromatic carbocycles. The normalized spacial score (nSPS) is 18.0. The predicted octanol–water partition coefficient (Wildman–Crippen LogP) is -0.685. The van der Waals surface area contributed by atoms with Gasteiger partial charge in [0.1, 0.15) is 11.8 Å². The summed E-state index contributed by atoms with van der Waals surface area (Å²) in [6.45, 7) is 5.75. The van der Waals surface area contributed by atoms with Crippen LogP contribution >= 0.6 is 0 Å². The second-order valence-corrected chi connectivity index (χ2v) is 10.8. The molecule has 1 fully saturated rings. The van der Waals surface area contributed by atoms with E-state index in [0.29, 0.717) is 29.9 Å². The molecule has 4 unspecified atom stereocenters. The van der Waals surface area contributed by atoms with Crippen LogP contribution in [0, 0.1) is 0 Å². The summed E-state index contributed by atoms with van der Waals surface area (Å²) < 4.78 is 0. The van der Waals surface area contributed by atoms with Gasteiger partial charge in [0.15, 0.2) is 17.0 Å². The number of hydrogen-bond donors (Lipinski definition) is 8. The Kier molecular flexibility index (Phi) is 10.9. The number of ketones is 1. The number of carboxylic acid groups (broad SMARTS) is 1. The van der Waals surface area contributed by atoms with Crippen molar-refractivity contribution in [2.45, 2.75) is 63.9 Å². The number of nitrogen functional groups attached to an aromatic ring is 2. The third-order valence-corrected chi connectivity index (χ3v) is 7.43. The van der Waals surface area contributed by atoms with E-state index in [0.717, 1.165) is 13.2 Å². The van der Waals surface area contributed by atoms with E-state index in [4.69, 9.17) is 17.2 Å². The Labute approximate surface area is 254 Å². The summed E-state index contributed by atoms with van der Waals surface area (Å²) in [5, 5.41) is 22.3. The summed E-state index contributed by atoms with van der Waals surface area (Å²) in [6.07, 6.45) is 1.81. The van der Waals surface area contributed by atoms with E-state index in [9.17, 15) is 19.5 Å². The first-order chi connectivity index (χ1) is 21.0. The summed E-state index contributed by atoms with van der Waals surface area (Å²) in [5.41, 5.74) is 20.6. The molecule has 4 rings (SSSR count). The number of amides is 1. The number of carbonyl (C=O) groups is 3. The van der Waals surface area contributed by atoms with E-state index in [1.165, 1.54) is 6.92 Å². The number of benzene rings is 1. The van der Waals surface area contributed by atoms with Crippen LogP contribution < -0.4 is 43.4 Å². The lowest BCUT2D eigenvalue weighted by atomic mass is 10.1.